The SMILES string of the molecule is CC(C1CCCCC1)n1c(=S)[nH]c2cc(Br)ccc21. The van der Waals surface area contributed by atoms with Crippen molar-refractivity contribution in [2.75, 3.05) is 0 Å². The lowest BCUT2D eigenvalue weighted by Gasteiger charge is -2.29. The van der Waals surface area contributed by atoms with Gasteiger partial charge in [0.15, 0.2) is 4.77 Å². The molecule has 1 heterocycles. The van der Waals surface area contributed by atoms with Crippen LogP contribution in [0.15, 0.2) is 22.7 Å². The Labute approximate surface area is 127 Å². The third-order valence-electron chi connectivity index (χ3n) is 4.42. The van der Waals surface area contributed by atoms with Crippen molar-refractivity contribution in [1.29, 1.82) is 0 Å². The summed E-state index contributed by atoms with van der Waals surface area (Å²) in [6, 6.07) is 6.85. The lowest BCUT2D eigenvalue weighted by Crippen LogP contribution is -2.19. The summed E-state index contributed by atoms with van der Waals surface area (Å²) >= 11 is 9.05. The number of rotatable bonds is 2. The fraction of sp³-hybridized carbons (Fsp3) is 0.533. The largest absolute Gasteiger partial charge is 0.331 e. The van der Waals surface area contributed by atoms with Crippen LogP contribution in [0.25, 0.3) is 11.0 Å². The van der Waals surface area contributed by atoms with E-state index in [1.54, 1.807) is 0 Å². The maximum atomic E-state index is 5.53. The van der Waals surface area contributed by atoms with Crippen molar-refractivity contribution in [3.63, 3.8) is 0 Å². The molecule has 1 saturated carbocycles. The molecule has 102 valence electrons. The Morgan fingerprint density at radius 1 is 1.32 bits per heavy atom. The molecule has 0 saturated heterocycles. The number of aromatic nitrogens is 2. The topological polar surface area (TPSA) is 20.7 Å². The molecule has 0 spiro atoms. The van der Waals surface area contributed by atoms with Crippen molar-refractivity contribution in [2.24, 2.45) is 5.92 Å². The van der Waals surface area contributed by atoms with Gasteiger partial charge in [-0.1, -0.05) is 35.2 Å². The lowest BCUT2D eigenvalue weighted by molar-refractivity contribution is 0.266. The van der Waals surface area contributed by atoms with E-state index in [4.69, 9.17) is 12.2 Å². The Morgan fingerprint density at radius 3 is 2.79 bits per heavy atom. The van der Waals surface area contributed by atoms with Gasteiger partial charge in [0.2, 0.25) is 0 Å². The van der Waals surface area contributed by atoms with Gasteiger partial charge in [-0.2, -0.15) is 0 Å². The van der Waals surface area contributed by atoms with Gasteiger partial charge in [-0.05, 0) is 56.1 Å². The number of nitrogens with zero attached hydrogens (tertiary/aromatic N) is 1. The van der Waals surface area contributed by atoms with Crippen LogP contribution in [0.3, 0.4) is 0 Å². The molecule has 0 bridgehead atoms. The van der Waals surface area contributed by atoms with E-state index in [0.717, 1.165) is 20.7 Å². The second-order valence-corrected chi connectivity index (χ2v) is 6.90. The average Bonchev–Trinajstić information content (AvgIpc) is 2.74. The molecule has 3 rings (SSSR count). The van der Waals surface area contributed by atoms with E-state index in [0.29, 0.717) is 6.04 Å². The summed E-state index contributed by atoms with van der Waals surface area (Å²) in [7, 11) is 0. The highest BCUT2D eigenvalue weighted by molar-refractivity contribution is 9.10. The van der Waals surface area contributed by atoms with Crippen molar-refractivity contribution in [1.82, 2.24) is 9.55 Å². The summed E-state index contributed by atoms with van der Waals surface area (Å²) in [4.78, 5) is 3.34. The van der Waals surface area contributed by atoms with Gasteiger partial charge in [0, 0.05) is 10.5 Å². The van der Waals surface area contributed by atoms with Gasteiger partial charge in [0.05, 0.1) is 11.0 Å². The molecule has 1 aromatic heterocycles. The molecule has 19 heavy (non-hydrogen) atoms. The Kier molecular flexibility index (Phi) is 3.81. The first-order chi connectivity index (χ1) is 9.16. The van der Waals surface area contributed by atoms with E-state index in [1.165, 1.54) is 37.6 Å². The zero-order chi connectivity index (χ0) is 13.4. The molecular weight excluding hydrogens is 320 g/mol. The van der Waals surface area contributed by atoms with Crippen LogP contribution in [0.1, 0.15) is 45.1 Å². The Morgan fingerprint density at radius 2 is 2.05 bits per heavy atom. The number of hydrogen-bond acceptors (Lipinski definition) is 1. The Bertz CT molecular complexity index is 637. The van der Waals surface area contributed by atoms with Crippen LogP contribution in [0.5, 0.6) is 0 Å². The molecule has 1 unspecified atom stereocenters. The minimum atomic E-state index is 0.489. The lowest BCUT2D eigenvalue weighted by atomic mass is 9.84. The first-order valence-electron chi connectivity index (χ1n) is 7.06. The normalized spacial score (nSPS) is 18.8. The van der Waals surface area contributed by atoms with E-state index in [1.807, 2.05) is 0 Å². The maximum absolute atomic E-state index is 5.53. The Balaban J connectivity index is 2.03. The molecule has 1 aliphatic rings. The molecule has 0 radical (unpaired) electrons. The Hall–Kier alpha value is -0.610. The van der Waals surface area contributed by atoms with Crippen LogP contribution < -0.4 is 0 Å². The number of nitrogens with one attached hydrogen (secondary N) is 1. The number of fused-ring (bicyclic) bond motifs is 1. The third kappa shape index (κ3) is 2.52. The van der Waals surface area contributed by atoms with Gasteiger partial charge in [0.1, 0.15) is 0 Å². The molecule has 0 amide bonds. The van der Waals surface area contributed by atoms with Gasteiger partial charge < -0.3 is 9.55 Å². The summed E-state index contributed by atoms with van der Waals surface area (Å²) < 4.78 is 4.26. The van der Waals surface area contributed by atoms with Crippen LogP contribution in [0.4, 0.5) is 0 Å². The molecule has 0 aliphatic heterocycles. The van der Waals surface area contributed by atoms with E-state index < -0.39 is 0 Å². The van der Waals surface area contributed by atoms with Crippen LogP contribution in [0.2, 0.25) is 0 Å². The van der Waals surface area contributed by atoms with E-state index in [2.05, 4.69) is 50.6 Å². The molecule has 2 nitrogen and oxygen atoms in total. The minimum absolute atomic E-state index is 0.489. The number of halogens is 1. The standard InChI is InChI=1S/C15H19BrN2S/c1-10(11-5-3-2-4-6-11)18-14-8-7-12(16)9-13(14)17-15(18)19/h7-11H,2-6H2,1H3,(H,17,19). The average molecular weight is 339 g/mol. The van der Waals surface area contributed by atoms with Gasteiger partial charge >= 0.3 is 0 Å². The number of benzene rings is 1. The third-order valence-corrected chi connectivity index (χ3v) is 5.21. The maximum Gasteiger partial charge on any atom is 0.178 e. The molecule has 1 N–H and O–H groups in total. The van der Waals surface area contributed by atoms with E-state index >= 15 is 0 Å². The van der Waals surface area contributed by atoms with Crippen LogP contribution in [0, 0.1) is 10.7 Å². The van der Waals surface area contributed by atoms with Gasteiger partial charge in [-0.25, -0.2) is 0 Å². The summed E-state index contributed by atoms with van der Waals surface area (Å²) in [6.07, 6.45) is 6.82. The number of aromatic amines is 1. The molecule has 1 aromatic carbocycles. The minimum Gasteiger partial charge on any atom is -0.331 e. The highest BCUT2D eigenvalue weighted by atomic mass is 79.9. The van der Waals surface area contributed by atoms with Crippen LogP contribution in [-0.2, 0) is 0 Å². The van der Waals surface area contributed by atoms with Crippen molar-refractivity contribution < 1.29 is 0 Å². The number of H-pyrrole nitrogens is 1. The highest BCUT2D eigenvalue weighted by Crippen LogP contribution is 2.34. The van der Waals surface area contributed by atoms with Gasteiger partial charge in [-0.3, -0.25) is 0 Å². The van der Waals surface area contributed by atoms with Gasteiger partial charge in [0.25, 0.3) is 0 Å². The van der Waals surface area contributed by atoms with Gasteiger partial charge in [-0.15, -0.1) is 0 Å². The van der Waals surface area contributed by atoms with Crippen molar-refractivity contribution >= 4 is 39.2 Å². The smallest absolute Gasteiger partial charge is 0.178 e. The summed E-state index contributed by atoms with van der Waals surface area (Å²) in [5.41, 5.74) is 2.35. The van der Waals surface area contributed by atoms with Crippen LogP contribution >= 0.6 is 28.1 Å². The zero-order valence-electron chi connectivity index (χ0n) is 11.2. The first-order valence-corrected chi connectivity index (χ1v) is 8.26. The second-order valence-electron chi connectivity index (χ2n) is 5.60. The summed E-state index contributed by atoms with van der Waals surface area (Å²) in [5, 5.41) is 0. The highest BCUT2D eigenvalue weighted by Gasteiger charge is 2.23. The number of imidazole rings is 1. The predicted molar refractivity (Wildman–Crippen MR) is 86.1 cm³/mol. The first kappa shape index (κ1) is 13.4. The fourth-order valence-electron chi connectivity index (χ4n) is 3.34. The molecule has 2 aromatic rings. The van der Waals surface area contributed by atoms with Crippen molar-refractivity contribution in [3.05, 3.63) is 27.4 Å². The fourth-order valence-corrected chi connectivity index (χ4v) is 4.07. The molecule has 1 aliphatic carbocycles. The van der Waals surface area contributed by atoms with E-state index in [-0.39, 0.29) is 0 Å². The predicted octanol–water partition coefficient (Wildman–Crippen LogP) is 5.60. The second kappa shape index (κ2) is 5.41. The summed E-state index contributed by atoms with van der Waals surface area (Å²) in [5.74, 6) is 0.767. The van der Waals surface area contributed by atoms with Crippen molar-refractivity contribution in [2.45, 2.75) is 45.1 Å². The van der Waals surface area contributed by atoms with E-state index in [9.17, 15) is 0 Å². The quantitative estimate of drug-likeness (QED) is 0.706. The van der Waals surface area contributed by atoms with Crippen LogP contribution in [-0.4, -0.2) is 9.55 Å². The van der Waals surface area contributed by atoms with Crippen molar-refractivity contribution in [3.8, 4) is 0 Å². The zero-order valence-corrected chi connectivity index (χ0v) is 13.6. The summed E-state index contributed by atoms with van der Waals surface area (Å²) in [6.45, 7) is 2.32. The molecular formula is C15H19BrN2S. The number of hydrogen-bond donors (Lipinski definition) is 1. The monoisotopic (exact) mass is 338 g/mol. The molecule has 4 heteroatoms. The molecule has 1 atom stereocenters. The molecule has 1 fully saturated rings.